The zero-order valence-electron chi connectivity index (χ0n) is 12.8. The number of hydrogen-bond acceptors (Lipinski definition) is 4. The average Bonchev–Trinajstić information content (AvgIpc) is 2.58. The smallest absolute Gasteiger partial charge is 0.276 e. The number of nitrogens with one attached hydrogen (secondary N) is 1. The SMILES string of the molecule is Cn1nc(C(=O)Nc2ccc(C(N)=O)cc2)c2ccccc2c1=O. The largest absolute Gasteiger partial charge is 0.366 e. The first-order valence-corrected chi connectivity index (χ1v) is 7.14. The van der Waals surface area contributed by atoms with Crippen molar-refractivity contribution in [3.8, 4) is 0 Å². The van der Waals surface area contributed by atoms with E-state index in [1.165, 1.54) is 19.2 Å². The van der Waals surface area contributed by atoms with Crippen LogP contribution in [0.25, 0.3) is 10.8 Å². The monoisotopic (exact) mass is 322 g/mol. The maximum atomic E-state index is 12.5. The molecule has 0 saturated heterocycles. The molecule has 7 heteroatoms. The summed E-state index contributed by atoms with van der Waals surface area (Å²) in [6.45, 7) is 0. The molecule has 0 unspecified atom stereocenters. The lowest BCUT2D eigenvalue weighted by molar-refractivity contribution is 0.0998. The third-order valence-corrected chi connectivity index (χ3v) is 3.60. The number of benzene rings is 2. The lowest BCUT2D eigenvalue weighted by Gasteiger charge is -2.09. The number of rotatable bonds is 3. The van der Waals surface area contributed by atoms with E-state index in [2.05, 4.69) is 10.4 Å². The van der Waals surface area contributed by atoms with Crippen molar-refractivity contribution in [2.45, 2.75) is 0 Å². The van der Waals surface area contributed by atoms with Crippen LogP contribution in [0.4, 0.5) is 5.69 Å². The van der Waals surface area contributed by atoms with E-state index in [0.29, 0.717) is 22.0 Å². The van der Waals surface area contributed by atoms with E-state index in [9.17, 15) is 14.4 Å². The van der Waals surface area contributed by atoms with Gasteiger partial charge < -0.3 is 11.1 Å². The van der Waals surface area contributed by atoms with Crippen LogP contribution < -0.4 is 16.6 Å². The number of carbonyl (C=O) groups is 2. The third-order valence-electron chi connectivity index (χ3n) is 3.60. The summed E-state index contributed by atoms with van der Waals surface area (Å²) in [6.07, 6.45) is 0. The van der Waals surface area contributed by atoms with Gasteiger partial charge in [-0.2, -0.15) is 5.10 Å². The van der Waals surface area contributed by atoms with E-state index in [1.54, 1.807) is 36.4 Å². The second kappa shape index (κ2) is 5.96. The van der Waals surface area contributed by atoms with E-state index < -0.39 is 11.8 Å². The molecule has 0 spiro atoms. The van der Waals surface area contributed by atoms with Gasteiger partial charge in [0.15, 0.2) is 5.69 Å². The van der Waals surface area contributed by atoms with Crippen LogP contribution in [0.5, 0.6) is 0 Å². The van der Waals surface area contributed by atoms with Gasteiger partial charge in [0.05, 0.1) is 5.39 Å². The van der Waals surface area contributed by atoms with Crippen molar-refractivity contribution in [2.75, 3.05) is 5.32 Å². The summed E-state index contributed by atoms with van der Waals surface area (Å²) >= 11 is 0. The Bertz CT molecular complexity index is 1010. The number of nitrogens with zero attached hydrogens (tertiary/aromatic N) is 2. The molecule has 3 aromatic rings. The third kappa shape index (κ3) is 2.74. The topological polar surface area (TPSA) is 107 Å². The Hall–Kier alpha value is -3.48. The van der Waals surface area contributed by atoms with Crippen LogP contribution in [-0.2, 0) is 7.05 Å². The Balaban J connectivity index is 1.98. The van der Waals surface area contributed by atoms with Crippen molar-refractivity contribution in [3.63, 3.8) is 0 Å². The van der Waals surface area contributed by atoms with Gasteiger partial charge in [0, 0.05) is 23.7 Å². The van der Waals surface area contributed by atoms with E-state index in [0.717, 1.165) is 4.68 Å². The number of carbonyl (C=O) groups excluding carboxylic acids is 2. The minimum atomic E-state index is -0.543. The molecular formula is C17H14N4O3. The highest BCUT2D eigenvalue weighted by Gasteiger charge is 2.15. The number of hydrogen-bond donors (Lipinski definition) is 2. The van der Waals surface area contributed by atoms with Gasteiger partial charge in [0.2, 0.25) is 5.91 Å². The number of anilines is 1. The van der Waals surface area contributed by atoms with Crippen molar-refractivity contribution in [1.82, 2.24) is 9.78 Å². The van der Waals surface area contributed by atoms with E-state index in [-0.39, 0.29) is 11.3 Å². The van der Waals surface area contributed by atoms with Crippen LogP contribution in [0, 0.1) is 0 Å². The van der Waals surface area contributed by atoms with Gasteiger partial charge >= 0.3 is 0 Å². The Labute approximate surface area is 136 Å². The summed E-state index contributed by atoms with van der Waals surface area (Å²) in [5, 5.41) is 7.65. The normalized spacial score (nSPS) is 10.5. The molecule has 1 heterocycles. The molecule has 0 aliphatic rings. The minimum absolute atomic E-state index is 0.145. The molecule has 24 heavy (non-hydrogen) atoms. The van der Waals surface area contributed by atoms with Gasteiger partial charge in [-0.15, -0.1) is 0 Å². The van der Waals surface area contributed by atoms with E-state index in [1.807, 2.05) is 0 Å². The quantitative estimate of drug-likeness (QED) is 0.757. The maximum Gasteiger partial charge on any atom is 0.276 e. The minimum Gasteiger partial charge on any atom is -0.366 e. The summed E-state index contributed by atoms with van der Waals surface area (Å²) < 4.78 is 1.13. The highest BCUT2D eigenvalue weighted by atomic mass is 16.2. The molecule has 120 valence electrons. The van der Waals surface area contributed by atoms with Crippen molar-refractivity contribution < 1.29 is 9.59 Å². The first-order chi connectivity index (χ1) is 11.5. The predicted molar refractivity (Wildman–Crippen MR) is 89.9 cm³/mol. The van der Waals surface area contributed by atoms with Gasteiger partial charge in [-0.3, -0.25) is 14.4 Å². The summed E-state index contributed by atoms with van der Waals surface area (Å²) in [6, 6.07) is 13.0. The van der Waals surface area contributed by atoms with Crippen molar-refractivity contribution in [3.05, 3.63) is 70.1 Å². The maximum absolute atomic E-state index is 12.5. The summed E-state index contributed by atoms with van der Waals surface area (Å²) in [4.78, 5) is 35.7. The molecule has 0 atom stereocenters. The number of nitrogens with two attached hydrogens (primary N) is 1. The van der Waals surface area contributed by atoms with Crippen LogP contribution in [0.3, 0.4) is 0 Å². The Kier molecular flexibility index (Phi) is 3.83. The van der Waals surface area contributed by atoms with Crippen molar-refractivity contribution >= 4 is 28.3 Å². The molecule has 7 nitrogen and oxygen atoms in total. The first kappa shape index (κ1) is 15.4. The van der Waals surface area contributed by atoms with Gasteiger partial charge in [-0.1, -0.05) is 18.2 Å². The number of fused-ring (bicyclic) bond motifs is 1. The van der Waals surface area contributed by atoms with Crippen LogP contribution in [0.1, 0.15) is 20.8 Å². The molecule has 2 amide bonds. The Morgan fingerprint density at radius 2 is 1.67 bits per heavy atom. The molecule has 0 saturated carbocycles. The van der Waals surface area contributed by atoms with Gasteiger partial charge in [-0.05, 0) is 30.3 Å². The van der Waals surface area contributed by atoms with Crippen LogP contribution in [0.15, 0.2) is 53.3 Å². The molecule has 0 bridgehead atoms. The standard InChI is InChI=1S/C17H14N4O3/c1-21-17(24)13-5-3-2-4-12(13)14(20-21)16(23)19-11-8-6-10(7-9-11)15(18)22/h2-9H,1H3,(H2,18,22)(H,19,23). The van der Waals surface area contributed by atoms with Crippen LogP contribution >= 0.6 is 0 Å². The molecule has 1 aromatic heterocycles. The molecule has 0 aliphatic carbocycles. The predicted octanol–water partition coefficient (Wildman–Crippen LogP) is 1.28. The molecule has 3 rings (SSSR count). The molecular weight excluding hydrogens is 308 g/mol. The fraction of sp³-hybridized carbons (Fsp3) is 0.0588. The zero-order valence-corrected chi connectivity index (χ0v) is 12.8. The summed E-state index contributed by atoms with van der Waals surface area (Å²) in [5.74, 6) is -0.993. The second-order valence-corrected chi connectivity index (χ2v) is 5.22. The van der Waals surface area contributed by atoms with Gasteiger partial charge in [0.1, 0.15) is 0 Å². The second-order valence-electron chi connectivity index (χ2n) is 5.22. The molecule has 0 radical (unpaired) electrons. The Morgan fingerprint density at radius 1 is 1.04 bits per heavy atom. The van der Waals surface area contributed by atoms with Crippen molar-refractivity contribution in [1.29, 1.82) is 0 Å². The van der Waals surface area contributed by atoms with Crippen molar-refractivity contribution in [2.24, 2.45) is 12.8 Å². The van der Waals surface area contributed by atoms with Gasteiger partial charge in [0.25, 0.3) is 11.5 Å². The fourth-order valence-corrected chi connectivity index (χ4v) is 2.38. The van der Waals surface area contributed by atoms with E-state index >= 15 is 0 Å². The van der Waals surface area contributed by atoms with Gasteiger partial charge in [-0.25, -0.2) is 4.68 Å². The molecule has 0 aliphatic heterocycles. The fourth-order valence-electron chi connectivity index (χ4n) is 2.38. The highest BCUT2D eigenvalue weighted by molar-refractivity contribution is 6.11. The molecule has 2 aromatic carbocycles. The number of primary amides is 1. The van der Waals surface area contributed by atoms with E-state index in [4.69, 9.17) is 5.73 Å². The highest BCUT2D eigenvalue weighted by Crippen LogP contribution is 2.16. The first-order valence-electron chi connectivity index (χ1n) is 7.14. The summed E-state index contributed by atoms with van der Waals surface area (Å²) in [7, 11) is 1.49. The summed E-state index contributed by atoms with van der Waals surface area (Å²) in [5.41, 5.74) is 5.89. The zero-order chi connectivity index (χ0) is 17.3. The Morgan fingerprint density at radius 3 is 2.29 bits per heavy atom. The van der Waals surface area contributed by atoms with Crippen LogP contribution in [-0.4, -0.2) is 21.6 Å². The number of amides is 2. The average molecular weight is 322 g/mol. The molecule has 0 fully saturated rings. The lowest BCUT2D eigenvalue weighted by Crippen LogP contribution is -2.25. The number of aryl methyl sites for hydroxylation is 1. The molecule has 3 N–H and O–H groups in total. The van der Waals surface area contributed by atoms with Crippen LogP contribution in [0.2, 0.25) is 0 Å². The lowest BCUT2D eigenvalue weighted by atomic mass is 10.1. The number of aromatic nitrogens is 2.